The molecule has 1 aromatic carbocycles. The van der Waals surface area contributed by atoms with Crippen LogP contribution in [0, 0.1) is 13.8 Å². The van der Waals surface area contributed by atoms with Crippen LogP contribution >= 0.6 is 0 Å². The summed E-state index contributed by atoms with van der Waals surface area (Å²) in [6.45, 7) is 4.39. The zero-order valence-electron chi connectivity index (χ0n) is 11.5. The van der Waals surface area contributed by atoms with Crippen LogP contribution in [0.2, 0.25) is 0 Å². The predicted octanol–water partition coefficient (Wildman–Crippen LogP) is 1.06. The van der Waals surface area contributed by atoms with Crippen LogP contribution in [0.3, 0.4) is 0 Å². The van der Waals surface area contributed by atoms with Crippen molar-refractivity contribution in [1.82, 2.24) is 14.5 Å². The Kier molecular flexibility index (Phi) is 4.10. The van der Waals surface area contributed by atoms with Crippen molar-refractivity contribution in [3.05, 3.63) is 41.7 Å². The average Bonchev–Trinajstić information content (AvgIpc) is 2.74. The van der Waals surface area contributed by atoms with Crippen LogP contribution in [-0.2, 0) is 16.6 Å². The van der Waals surface area contributed by atoms with Crippen LogP contribution in [0.15, 0.2) is 35.5 Å². The van der Waals surface area contributed by atoms with Crippen LogP contribution in [0.25, 0.3) is 0 Å². The van der Waals surface area contributed by atoms with Gasteiger partial charge in [-0.05, 0) is 31.0 Å². The lowest BCUT2D eigenvalue weighted by Gasteiger charge is -2.11. The topological polar surface area (TPSA) is 90.0 Å². The molecule has 0 atom stereocenters. The van der Waals surface area contributed by atoms with Crippen molar-refractivity contribution < 1.29 is 8.42 Å². The molecule has 6 nitrogen and oxygen atoms in total. The molecule has 0 radical (unpaired) electrons. The van der Waals surface area contributed by atoms with Gasteiger partial charge in [-0.3, -0.25) is 4.68 Å². The molecule has 1 aromatic heterocycles. The van der Waals surface area contributed by atoms with Crippen molar-refractivity contribution in [2.24, 2.45) is 0 Å². The fraction of sp³-hybridized carbons (Fsp3) is 0.308. The Hall–Kier alpha value is -1.86. The minimum absolute atomic E-state index is 0.150. The number of nitrogens with one attached hydrogen (secondary N) is 1. The van der Waals surface area contributed by atoms with E-state index >= 15 is 0 Å². The van der Waals surface area contributed by atoms with Gasteiger partial charge in [0.25, 0.3) is 0 Å². The third-order valence-electron chi connectivity index (χ3n) is 2.91. The summed E-state index contributed by atoms with van der Waals surface area (Å²) in [6, 6.07) is 5.04. The number of nitrogen functional groups attached to an aromatic ring is 1. The first-order chi connectivity index (χ1) is 9.40. The highest BCUT2D eigenvalue weighted by atomic mass is 32.2. The lowest BCUT2D eigenvalue weighted by atomic mass is 10.2. The van der Waals surface area contributed by atoms with E-state index in [4.69, 9.17) is 5.73 Å². The zero-order valence-corrected chi connectivity index (χ0v) is 12.3. The molecule has 0 unspecified atom stereocenters. The lowest BCUT2D eigenvalue weighted by molar-refractivity contribution is 0.560. The quantitative estimate of drug-likeness (QED) is 0.807. The van der Waals surface area contributed by atoms with E-state index in [2.05, 4.69) is 9.82 Å². The predicted molar refractivity (Wildman–Crippen MR) is 77.7 cm³/mol. The number of aryl methyl sites for hydroxylation is 2. The van der Waals surface area contributed by atoms with Gasteiger partial charge in [0.15, 0.2) is 0 Å². The summed E-state index contributed by atoms with van der Waals surface area (Å²) in [5.74, 6) is 0. The molecule has 0 fully saturated rings. The van der Waals surface area contributed by atoms with Crippen molar-refractivity contribution in [2.45, 2.75) is 25.3 Å². The third-order valence-corrected chi connectivity index (χ3v) is 4.59. The number of sulfonamides is 1. The lowest BCUT2D eigenvalue weighted by Crippen LogP contribution is -2.28. The molecular weight excluding hydrogens is 276 g/mol. The highest BCUT2D eigenvalue weighted by molar-refractivity contribution is 7.89. The second kappa shape index (κ2) is 5.64. The summed E-state index contributed by atoms with van der Waals surface area (Å²) >= 11 is 0. The normalized spacial score (nSPS) is 11.7. The molecule has 20 heavy (non-hydrogen) atoms. The van der Waals surface area contributed by atoms with Gasteiger partial charge in [-0.15, -0.1) is 0 Å². The molecule has 108 valence electrons. The summed E-state index contributed by atoms with van der Waals surface area (Å²) in [5, 5.41) is 4.10. The van der Waals surface area contributed by atoms with E-state index in [0.717, 1.165) is 5.56 Å². The number of hydrogen-bond acceptors (Lipinski definition) is 4. The van der Waals surface area contributed by atoms with Gasteiger partial charge < -0.3 is 5.73 Å². The van der Waals surface area contributed by atoms with Gasteiger partial charge in [0.2, 0.25) is 10.0 Å². The smallest absolute Gasteiger partial charge is 0.242 e. The number of nitrogens with zero attached hydrogens (tertiary/aromatic N) is 2. The van der Waals surface area contributed by atoms with Gasteiger partial charge in [0, 0.05) is 12.7 Å². The Labute approximate surface area is 118 Å². The number of hydrogen-bond donors (Lipinski definition) is 2. The maximum Gasteiger partial charge on any atom is 0.242 e. The SMILES string of the molecule is Cc1cnn(CCNS(=O)(=O)c2c(C)cccc2N)c1. The van der Waals surface area contributed by atoms with E-state index < -0.39 is 10.0 Å². The van der Waals surface area contributed by atoms with E-state index in [1.807, 2.05) is 13.1 Å². The minimum Gasteiger partial charge on any atom is -0.398 e. The molecule has 0 amide bonds. The molecule has 2 aromatic rings. The fourth-order valence-electron chi connectivity index (χ4n) is 2.00. The van der Waals surface area contributed by atoms with Crippen molar-refractivity contribution in [1.29, 1.82) is 0 Å². The Morgan fingerprint density at radius 1 is 1.35 bits per heavy atom. The largest absolute Gasteiger partial charge is 0.398 e. The van der Waals surface area contributed by atoms with Crippen LogP contribution in [0.4, 0.5) is 5.69 Å². The fourth-order valence-corrected chi connectivity index (χ4v) is 3.37. The van der Waals surface area contributed by atoms with E-state index in [0.29, 0.717) is 12.1 Å². The highest BCUT2D eigenvalue weighted by Crippen LogP contribution is 2.21. The van der Waals surface area contributed by atoms with Crippen molar-refractivity contribution >= 4 is 15.7 Å². The van der Waals surface area contributed by atoms with Gasteiger partial charge in [-0.25, -0.2) is 13.1 Å². The van der Waals surface area contributed by atoms with Crippen LogP contribution < -0.4 is 10.5 Å². The maximum absolute atomic E-state index is 12.2. The standard InChI is InChI=1S/C13H18N4O2S/c1-10-8-15-17(9-10)7-6-16-20(18,19)13-11(2)4-3-5-12(13)14/h3-5,8-9,16H,6-7,14H2,1-2H3. The summed E-state index contributed by atoms with van der Waals surface area (Å²) in [4.78, 5) is 0.150. The van der Waals surface area contributed by atoms with Gasteiger partial charge in [-0.2, -0.15) is 5.10 Å². The highest BCUT2D eigenvalue weighted by Gasteiger charge is 2.19. The average molecular weight is 294 g/mol. The Bertz CT molecular complexity index is 687. The summed E-state index contributed by atoms with van der Waals surface area (Å²) in [5.41, 5.74) is 7.68. The number of anilines is 1. The molecule has 7 heteroatoms. The number of rotatable bonds is 5. The third kappa shape index (κ3) is 3.17. The number of benzene rings is 1. The second-order valence-electron chi connectivity index (χ2n) is 4.67. The zero-order chi connectivity index (χ0) is 14.8. The molecule has 3 N–H and O–H groups in total. The second-order valence-corrected chi connectivity index (χ2v) is 6.38. The minimum atomic E-state index is -3.60. The Morgan fingerprint density at radius 2 is 2.10 bits per heavy atom. The first kappa shape index (κ1) is 14.5. The summed E-state index contributed by atoms with van der Waals surface area (Å²) < 4.78 is 28.7. The van der Waals surface area contributed by atoms with E-state index in [9.17, 15) is 8.42 Å². The van der Waals surface area contributed by atoms with Gasteiger partial charge in [-0.1, -0.05) is 12.1 Å². The van der Waals surface area contributed by atoms with Gasteiger partial charge >= 0.3 is 0 Å². The van der Waals surface area contributed by atoms with Crippen molar-refractivity contribution in [3.8, 4) is 0 Å². The van der Waals surface area contributed by atoms with E-state index in [-0.39, 0.29) is 17.1 Å². The Morgan fingerprint density at radius 3 is 2.70 bits per heavy atom. The van der Waals surface area contributed by atoms with E-state index in [1.165, 1.54) is 0 Å². The number of nitrogens with two attached hydrogens (primary N) is 1. The molecule has 1 heterocycles. The molecule has 0 aliphatic heterocycles. The van der Waals surface area contributed by atoms with Crippen LogP contribution in [-0.4, -0.2) is 24.7 Å². The first-order valence-corrected chi connectivity index (χ1v) is 7.72. The maximum atomic E-state index is 12.2. The van der Waals surface area contributed by atoms with Crippen molar-refractivity contribution in [2.75, 3.05) is 12.3 Å². The molecule has 0 spiro atoms. The molecule has 0 bridgehead atoms. The van der Waals surface area contributed by atoms with E-state index in [1.54, 1.807) is 36.0 Å². The number of aromatic nitrogens is 2. The Balaban J connectivity index is 2.08. The molecule has 2 rings (SSSR count). The first-order valence-electron chi connectivity index (χ1n) is 6.24. The molecule has 0 saturated carbocycles. The molecule has 0 aliphatic rings. The van der Waals surface area contributed by atoms with Crippen LogP contribution in [0.1, 0.15) is 11.1 Å². The summed E-state index contributed by atoms with van der Waals surface area (Å²) in [6.07, 6.45) is 3.59. The molecule has 0 aliphatic carbocycles. The van der Waals surface area contributed by atoms with Gasteiger partial charge in [0.05, 0.1) is 18.4 Å². The monoisotopic (exact) mass is 294 g/mol. The van der Waals surface area contributed by atoms with Crippen molar-refractivity contribution in [3.63, 3.8) is 0 Å². The van der Waals surface area contributed by atoms with Gasteiger partial charge in [0.1, 0.15) is 4.90 Å². The molecular formula is C13H18N4O2S. The summed E-state index contributed by atoms with van der Waals surface area (Å²) in [7, 11) is -3.60. The van der Waals surface area contributed by atoms with Crippen LogP contribution in [0.5, 0.6) is 0 Å². The molecule has 0 saturated heterocycles.